The zero-order chi connectivity index (χ0) is 23.7. The molecule has 0 atom stereocenters. The van der Waals surface area contributed by atoms with Crippen molar-refractivity contribution in [3.63, 3.8) is 0 Å². The summed E-state index contributed by atoms with van der Waals surface area (Å²) in [6.07, 6.45) is 4.44. The molecule has 0 saturated heterocycles. The summed E-state index contributed by atoms with van der Waals surface area (Å²) >= 11 is 0. The standard InChI is InChI=1S/C25H21NO7S/c27-24-13-19(22-11-17-3-1-4-18(17)12-23(22)33-24)15-32-25(28)16-6-8-21(9-7-16)34(29,30)26-14-20-5-2-10-31-20/h2,5-13,26H,1,3-4,14-15H2. The van der Waals surface area contributed by atoms with E-state index in [1.54, 1.807) is 12.1 Å². The molecule has 0 amide bonds. The predicted molar refractivity (Wildman–Crippen MR) is 123 cm³/mol. The number of aryl methyl sites for hydroxylation is 2. The van der Waals surface area contributed by atoms with E-state index < -0.39 is 21.6 Å². The first-order valence-corrected chi connectivity index (χ1v) is 12.3. The number of fused-ring (bicyclic) bond motifs is 2. The molecule has 0 bridgehead atoms. The van der Waals surface area contributed by atoms with Gasteiger partial charge in [-0.05, 0) is 78.9 Å². The van der Waals surface area contributed by atoms with Crippen molar-refractivity contribution < 1.29 is 26.8 Å². The molecule has 1 aliphatic carbocycles. The Labute approximate surface area is 195 Å². The number of sulfonamides is 1. The molecule has 0 aliphatic heterocycles. The molecule has 4 aromatic rings. The Morgan fingerprint density at radius 2 is 1.79 bits per heavy atom. The molecule has 9 heteroatoms. The lowest BCUT2D eigenvalue weighted by molar-refractivity contribution is 0.0473. The Morgan fingerprint density at radius 3 is 2.53 bits per heavy atom. The number of nitrogens with one attached hydrogen (secondary N) is 1. The third kappa shape index (κ3) is 4.52. The van der Waals surface area contributed by atoms with Gasteiger partial charge in [-0.2, -0.15) is 0 Å². The van der Waals surface area contributed by atoms with Crippen molar-refractivity contribution in [1.29, 1.82) is 0 Å². The van der Waals surface area contributed by atoms with Crippen LogP contribution in [0.1, 0.15) is 39.2 Å². The van der Waals surface area contributed by atoms with Gasteiger partial charge in [0.2, 0.25) is 10.0 Å². The highest BCUT2D eigenvalue weighted by molar-refractivity contribution is 7.89. The van der Waals surface area contributed by atoms with E-state index in [9.17, 15) is 18.0 Å². The zero-order valence-electron chi connectivity index (χ0n) is 18.1. The molecular weight excluding hydrogens is 458 g/mol. The molecule has 0 saturated carbocycles. The highest BCUT2D eigenvalue weighted by atomic mass is 32.2. The number of esters is 1. The summed E-state index contributed by atoms with van der Waals surface area (Å²) < 4.78 is 43.2. The van der Waals surface area contributed by atoms with Gasteiger partial charge in [0.25, 0.3) is 0 Å². The average molecular weight is 480 g/mol. The van der Waals surface area contributed by atoms with Crippen LogP contribution in [0.4, 0.5) is 0 Å². The van der Waals surface area contributed by atoms with Crippen LogP contribution in [0.5, 0.6) is 0 Å². The first kappa shape index (κ1) is 22.1. The molecule has 2 aromatic carbocycles. The van der Waals surface area contributed by atoms with Gasteiger partial charge in [0, 0.05) is 17.0 Å². The lowest BCUT2D eigenvalue weighted by Gasteiger charge is -2.10. The summed E-state index contributed by atoms with van der Waals surface area (Å²) in [6, 6.07) is 14.0. The first-order valence-electron chi connectivity index (χ1n) is 10.8. The SMILES string of the molecule is O=C(OCc1cc(=O)oc2cc3c(cc12)CCC3)c1ccc(S(=O)(=O)NCc2ccco2)cc1. The summed E-state index contributed by atoms with van der Waals surface area (Å²) in [7, 11) is -3.78. The summed E-state index contributed by atoms with van der Waals surface area (Å²) in [5.74, 6) is -0.147. The van der Waals surface area contributed by atoms with Crippen LogP contribution >= 0.6 is 0 Å². The minimum absolute atomic E-state index is 0.0103. The van der Waals surface area contributed by atoms with Crippen LogP contribution in [0.25, 0.3) is 11.0 Å². The van der Waals surface area contributed by atoms with E-state index in [-0.39, 0.29) is 23.6 Å². The fraction of sp³-hybridized carbons (Fsp3) is 0.200. The normalized spacial score (nSPS) is 13.2. The van der Waals surface area contributed by atoms with Crippen molar-refractivity contribution in [2.75, 3.05) is 0 Å². The summed E-state index contributed by atoms with van der Waals surface area (Å²) in [4.78, 5) is 24.6. The van der Waals surface area contributed by atoms with E-state index in [1.165, 1.54) is 47.7 Å². The van der Waals surface area contributed by atoms with E-state index in [4.69, 9.17) is 13.6 Å². The van der Waals surface area contributed by atoms with Gasteiger partial charge in [0.15, 0.2) is 0 Å². The van der Waals surface area contributed by atoms with Gasteiger partial charge in [-0.15, -0.1) is 0 Å². The van der Waals surface area contributed by atoms with E-state index in [2.05, 4.69) is 4.72 Å². The highest BCUT2D eigenvalue weighted by Gasteiger charge is 2.18. The topological polar surface area (TPSA) is 116 Å². The summed E-state index contributed by atoms with van der Waals surface area (Å²) in [5.41, 5.74) is 3.13. The molecule has 1 aliphatic rings. The van der Waals surface area contributed by atoms with Crippen molar-refractivity contribution >= 4 is 27.0 Å². The molecule has 0 fully saturated rings. The summed E-state index contributed by atoms with van der Waals surface area (Å²) in [6.45, 7) is -0.0914. The lowest BCUT2D eigenvalue weighted by atomic mass is 10.0. The second-order valence-electron chi connectivity index (χ2n) is 8.07. The van der Waals surface area contributed by atoms with E-state index in [0.29, 0.717) is 16.9 Å². The largest absolute Gasteiger partial charge is 0.468 e. The quantitative estimate of drug-likeness (QED) is 0.317. The molecule has 0 radical (unpaired) electrons. The van der Waals surface area contributed by atoms with Gasteiger partial charge in [-0.25, -0.2) is 22.7 Å². The maximum absolute atomic E-state index is 12.6. The second kappa shape index (κ2) is 8.92. The van der Waals surface area contributed by atoms with E-state index in [0.717, 1.165) is 24.6 Å². The zero-order valence-corrected chi connectivity index (χ0v) is 18.9. The van der Waals surface area contributed by atoms with Gasteiger partial charge >= 0.3 is 11.6 Å². The van der Waals surface area contributed by atoms with Crippen LogP contribution < -0.4 is 10.3 Å². The summed E-state index contributed by atoms with van der Waals surface area (Å²) in [5, 5.41) is 0.747. The maximum atomic E-state index is 12.6. The van der Waals surface area contributed by atoms with Crippen molar-refractivity contribution in [2.24, 2.45) is 0 Å². The third-order valence-electron chi connectivity index (χ3n) is 5.82. The van der Waals surface area contributed by atoms with Crippen LogP contribution in [-0.2, 0) is 40.8 Å². The fourth-order valence-electron chi connectivity index (χ4n) is 4.07. The van der Waals surface area contributed by atoms with Gasteiger partial charge in [0.1, 0.15) is 18.0 Å². The van der Waals surface area contributed by atoms with Gasteiger partial charge in [-0.3, -0.25) is 0 Å². The monoisotopic (exact) mass is 479 g/mol. The number of rotatable bonds is 7. The maximum Gasteiger partial charge on any atom is 0.338 e. The van der Waals surface area contributed by atoms with Crippen molar-refractivity contribution in [3.8, 4) is 0 Å². The third-order valence-corrected chi connectivity index (χ3v) is 7.24. The molecule has 174 valence electrons. The molecule has 2 aromatic heterocycles. The number of carbonyl (C=O) groups excluding carboxylic acids is 1. The fourth-order valence-corrected chi connectivity index (χ4v) is 5.07. The lowest BCUT2D eigenvalue weighted by Crippen LogP contribution is -2.23. The second-order valence-corrected chi connectivity index (χ2v) is 9.83. The van der Waals surface area contributed by atoms with Crippen molar-refractivity contribution in [3.05, 3.63) is 99.3 Å². The molecule has 1 N–H and O–H groups in total. The van der Waals surface area contributed by atoms with Crippen molar-refractivity contribution in [2.45, 2.75) is 37.3 Å². The first-order chi connectivity index (χ1) is 16.4. The van der Waals surface area contributed by atoms with Crippen LogP contribution in [0.2, 0.25) is 0 Å². The number of hydrogen-bond acceptors (Lipinski definition) is 7. The Hall–Kier alpha value is -3.69. The Kier molecular flexibility index (Phi) is 5.80. The van der Waals surface area contributed by atoms with Crippen LogP contribution in [0.15, 0.2) is 79.4 Å². The molecule has 8 nitrogen and oxygen atoms in total. The highest BCUT2D eigenvalue weighted by Crippen LogP contribution is 2.29. The van der Waals surface area contributed by atoms with Crippen LogP contribution in [0.3, 0.4) is 0 Å². The van der Waals surface area contributed by atoms with E-state index in [1.807, 2.05) is 12.1 Å². The number of carbonyl (C=O) groups is 1. The minimum atomic E-state index is -3.78. The van der Waals surface area contributed by atoms with Gasteiger partial charge < -0.3 is 13.6 Å². The van der Waals surface area contributed by atoms with Crippen LogP contribution in [-0.4, -0.2) is 14.4 Å². The average Bonchev–Trinajstić information content (AvgIpc) is 3.51. The Balaban J connectivity index is 1.29. The van der Waals surface area contributed by atoms with Gasteiger partial charge in [0.05, 0.1) is 23.3 Å². The predicted octanol–water partition coefficient (Wildman–Crippen LogP) is 3.71. The number of hydrogen-bond donors (Lipinski definition) is 1. The number of furan rings is 1. The Bertz CT molecular complexity index is 1520. The van der Waals surface area contributed by atoms with Crippen LogP contribution in [0, 0.1) is 0 Å². The molecule has 2 heterocycles. The number of benzene rings is 2. The Morgan fingerprint density at radius 1 is 1.03 bits per heavy atom. The van der Waals surface area contributed by atoms with E-state index >= 15 is 0 Å². The molecule has 5 rings (SSSR count). The molecular formula is C25H21NO7S. The minimum Gasteiger partial charge on any atom is -0.468 e. The molecule has 0 unspecified atom stereocenters. The molecule has 0 spiro atoms. The molecule has 34 heavy (non-hydrogen) atoms. The van der Waals surface area contributed by atoms with Crippen molar-refractivity contribution in [1.82, 2.24) is 4.72 Å². The van der Waals surface area contributed by atoms with Gasteiger partial charge in [-0.1, -0.05) is 0 Å². The smallest absolute Gasteiger partial charge is 0.338 e. The number of ether oxygens (including phenoxy) is 1.